The van der Waals surface area contributed by atoms with Crippen LogP contribution in [0.1, 0.15) is 30.3 Å². The van der Waals surface area contributed by atoms with Crippen LogP contribution in [0.3, 0.4) is 0 Å². The Kier molecular flexibility index (Phi) is 6.05. The summed E-state index contributed by atoms with van der Waals surface area (Å²) < 4.78 is 2.07. The van der Waals surface area contributed by atoms with Gasteiger partial charge < -0.3 is 4.57 Å². The number of carbonyl (C=O) groups excluding carboxylic acids is 1. The van der Waals surface area contributed by atoms with Crippen LogP contribution >= 0.6 is 35.1 Å². The number of halogens is 1. The number of nitrogens with one attached hydrogen (secondary N) is 1. The molecule has 1 aliphatic heterocycles. The third kappa shape index (κ3) is 4.30. The molecule has 1 aliphatic rings. The maximum absolute atomic E-state index is 12.1. The van der Waals surface area contributed by atoms with Crippen LogP contribution in [0.5, 0.6) is 0 Å². The van der Waals surface area contributed by atoms with Crippen molar-refractivity contribution < 1.29 is 4.79 Å². The van der Waals surface area contributed by atoms with Crippen molar-refractivity contribution in [2.75, 3.05) is 11.5 Å². The van der Waals surface area contributed by atoms with Gasteiger partial charge in [0.2, 0.25) is 5.91 Å². The first-order valence-electron chi connectivity index (χ1n) is 8.43. The minimum atomic E-state index is -0.0504. The molecule has 1 N–H and O–H groups in total. The second-order valence-corrected chi connectivity index (χ2v) is 10.3. The average molecular weight is 408 g/mol. The van der Waals surface area contributed by atoms with Gasteiger partial charge in [0.1, 0.15) is 0 Å². The zero-order valence-electron chi connectivity index (χ0n) is 15.1. The quantitative estimate of drug-likeness (QED) is 0.572. The summed E-state index contributed by atoms with van der Waals surface area (Å²) in [5, 5.41) is 4.86. The van der Waals surface area contributed by atoms with E-state index in [9.17, 15) is 4.79 Å². The molecule has 26 heavy (non-hydrogen) atoms. The number of para-hydroxylation sites is 1. The molecule has 1 aromatic carbocycles. The number of benzene rings is 1. The highest BCUT2D eigenvalue weighted by Crippen LogP contribution is 2.45. The molecule has 0 atom stereocenters. The van der Waals surface area contributed by atoms with Gasteiger partial charge in [-0.15, -0.1) is 23.5 Å². The van der Waals surface area contributed by atoms with E-state index in [0.717, 1.165) is 34.1 Å². The van der Waals surface area contributed by atoms with Crippen molar-refractivity contribution in [2.45, 2.75) is 31.3 Å². The number of nitrogens with zero attached hydrogens (tertiary/aromatic N) is 2. The number of rotatable bonds is 5. The van der Waals surface area contributed by atoms with Gasteiger partial charge in [-0.3, -0.25) is 4.79 Å². The number of thioether (sulfide) groups is 2. The summed E-state index contributed by atoms with van der Waals surface area (Å²) in [6.45, 7) is 6.17. The molecule has 1 aromatic heterocycles. The summed E-state index contributed by atoms with van der Waals surface area (Å²) in [6, 6.07) is 9.79. The Bertz CT molecular complexity index is 841. The monoisotopic (exact) mass is 407 g/mol. The smallest absolute Gasteiger partial charge is 0.242 e. The highest BCUT2D eigenvalue weighted by molar-refractivity contribution is 8.21. The second-order valence-electron chi connectivity index (χ2n) is 6.41. The zero-order chi connectivity index (χ0) is 18.7. The molecule has 0 unspecified atom stereocenters. The number of amides is 1. The molecule has 0 bridgehead atoms. The number of hydrogen-bond acceptors (Lipinski definition) is 4. The van der Waals surface area contributed by atoms with Gasteiger partial charge in [0.05, 0.1) is 27.4 Å². The van der Waals surface area contributed by atoms with Gasteiger partial charge in [-0.05, 0) is 39.0 Å². The normalized spacial score (nSPS) is 16.3. The molecule has 138 valence electrons. The molecule has 4 nitrogen and oxygen atoms in total. The van der Waals surface area contributed by atoms with Crippen LogP contribution in [0.2, 0.25) is 5.02 Å². The van der Waals surface area contributed by atoms with Gasteiger partial charge >= 0.3 is 0 Å². The molecule has 1 fully saturated rings. The number of hydrogen-bond donors (Lipinski definition) is 1. The van der Waals surface area contributed by atoms with E-state index in [4.69, 9.17) is 11.6 Å². The lowest BCUT2D eigenvalue weighted by molar-refractivity contribution is -0.121. The minimum Gasteiger partial charge on any atom is -0.316 e. The number of aryl methyl sites for hydroxylation is 1. The van der Waals surface area contributed by atoms with Crippen molar-refractivity contribution >= 4 is 47.2 Å². The van der Waals surface area contributed by atoms with Crippen LogP contribution < -0.4 is 5.43 Å². The summed E-state index contributed by atoms with van der Waals surface area (Å²) in [7, 11) is 0. The van der Waals surface area contributed by atoms with Crippen LogP contribution in [0.15, 0.2) is 35.4 Å². The summed E-state index contributed by atoms with van der Waals surface area (Å²) in [5.74, 6) is 2.16. The van der Waals surface area contributed by atoms with Crippen molar-refractivity contribution in [1.29, 1.82) is 0 Å². The van der Waals surface area contributed by atoms with Gasteiger partial charge in [0.25, 0.3) is 0 Å². The molecule has 3 rings (SSSR count). The van der Waals surface area contributed by atoms with Crippen LogP contribution in [-0.2, 0) is 4.79 Å². The Morgan fingerprint density at radius 2 is 2.04 bits per heavy atom. The lowest BCUT2D eigenvalue weighted by Crippen LogP contribution is -2.26. The summed E-state index contributed by atoms with van der Waals surface area (Å²) in [6.07, 6.45) is 2.17. The molecular formula is C19H22ClN3OS2. The van der Waals surface area contributed by atoms with E-state index >= 15 is 0 Å². The van der Waals surface area contributed by atoms with Gasteiger partial charge in [0, 0.05) is 28.5 Å². The van der Waals surface area contributed by atoms with Crippen molar-refractivity contribution in [3.63, 3.8) is 0 Å². The SMILES string of the molecule is Cc1cc(/C=N\NC(=O)CC2(C)SCCS2)c(C)n1-c1ccccc1Cl. The standard InChI is InChI=1S/C19H22ClN3OS2/c1-13-10-15(14(2)23(13)17-7-5-4-6-16(17)20)12-21-22-18(24)11-19(3)25-8-9-26-19/h4-7,10,12H,8-9,11H2,1-3H3,(H,22,24)/b21-12-. The second kappa shape index (κ2) is 8.11. The van der Waals surface area contributed by atoms with E-state index in [1.54, 1.807) is 6.21 Å². The van der Waals surface area contributed by atoms with E-state index in [1.165, 1.54) is 0 Å². The third-order valence-corrected chi connectivity index (χ3v) is 7.95. The van der Waals surface area contributed by atoms with Crippen LogP contribution in [0.25, 0.3) is 5.69 Å². The molecule has 0 spiro atoms. The molecule has 7 heteroatoms. The number of carbonyl (C=O) groups is 1. The largest absolute Gasteiger partial charge is 0.316 e. The van der Waals surface area contributed by atoms with Gasteiger partial charge in [-0.2, -0.15) is 5.10 Å². The molecule has 0 radical (unpaired) electrons. The Balaban J connectivity index is 1.71. The predicted molar refractivity (Wildman–Crippen MR) is 114 cm³/mol. The van der Waals surface area contributed by atoms with E-state index < -0.39 is 0 Å². The Labute approximate surface area is 167 Å². The lowest BCUT2D eigenvalue weighted by atomic mass is 10.2. The first-order chi connectivity index (χ1) is 12.4. The Morgan fingerprint density at radius 1 is 1.35 bits per heavy atom. The topological polar surface area (TPSA) is 46.4 Å². The number of hydrazone groups is 1. The molecule has 2 aromatic rings. The predicted octanol–water partition coefficient (Wildman–Crippen LogP) is 4.78. The first-order valence-corrected chi connectivity index (χ1v) is 10.8. The molecule has 0 saturated carbocycles. The number of aromatic nitrogens is 1. The molecule has 0 aliphatic carbocycles. The van der Waals surface area contributed by atoms with E-state index in [2.05, 4.69) is 22.0 Å². The van der Waals surface area contributed by atoms with Crippen molar-refractivity contribution in [3.05, 3.63) is 52.3 Å². The first kappa shape index (κ1) is 19.4. The average Bonchev–Trinajstić information content (AvgIpc) is 3.12. The van der Waals surface area contributed by atoms with Crippen molar-refractivity contribution in [2.24, 2.45) is 5.10 Å². The van der Waals surface area contributed by atoms with Crippen molar-refractivity contribution in [3.8, 4) is 5.69 Å². The highest BCUT2D eigenvalue weighted by Gasteiger charge is 2.32. The molecule has 2 heterocycles. The van der Waals surface area contributed by atoms with E-state index in [1.807, 2.05) is 67.7 Å². The van der Waals surface area contributed by atoms with Crippen LogP contribution in [0.4, 0.5) is 0 Å². The van der Waals surface area contributed by atoms with Gasteiger partial charge in [-0.25, -0.2) is 5.43 Å². The van der Waals surface area contributed by atoms with E-state index in [0.29, 0.717) is 11.4 Å². The Morgan fingerprint density at radius 3 is 2.73 bits per heavy atom. The fourth-order valence-electron chi connectivity index (χ4n) is 3.09. The summed E-state index contributed by atoms with van der Waals surface area (Å²) in [4.78, 5) is 12.1. The summed E-state index contributed by atoms with van der Waals surface area (Å²) >= 11 is 10.0. The lowest BCUT2D eigenvalue weighted by Gasteiger charge is -2.19. The molecule has 1 saturated heterocycles. The summed E-state index contributed by atoms with van der Waals surface area (Å²) in [5.41, 5.74) is 6.65. The fraction of sp³-hybridized carbons (Fsp3) is 0.368. The zero-order valence-corrected chi connectivity index (χ0v) is 17.5. The van der Waals surface area contributed by atoms with Crippen molar-refractivity contribution in [1.82, 2.24) is 9.99 Å². The highest BCUT2D eigenvalue weighted by atomic mass is 35.5. The maximum atomic E-state index is 12.1. The fourth-order valence-corrected chi connectivity index (χ4v) is 6.14. The van der Waals surface area contributed by atoms with E-state index in [-0.39, 0.29) is 9.99 Å². The van der Waals surface area contributed by atoms with Gasteiger partial charge in [-0.1, -0.05) is 23.7 Å². The third-order valence-electron chi connectivity index (χ3n) is 4.34. The minimum absolute atomic E-state index is 0.0283. The maximum Gasteiger partial charge on any atom is 0.242 e. The van der Waals surface area contributed by atoms with Crippen LogP contribution in [0, 0.1) is 13.8 Å². The molecule has 1 amide bonds. The van der Waals surface area contributed by atoms with Gasteiger partial charge in [0.15, 0.2) is 0 Å². The molecular weight excluding hydrogens is 386 g/mol. The van der Waals surface area contributed by atoms with Crippen LogP contribution in [-0.4, -0.2) is 32.3 Å². The Hall–Kier alpha value is -1.37.